The molecule has 0 fully saturated rings. The second-order valence-electron chi connectivity index (χ2n) is 5.03. The van der Waals surface area contributed by atoms with Crippen LogP contribution in [-0.4, -0.2) is 19.0 Å². The van der Waals surface area contributed by atoms with Crippen molar-refractivity contribution < 1.29 is 4.79 Å². The predicted molar refractivity (Wildman–Crippen MR) is 94.2 cm³/mol. The third kappa shape index (κ3) is 4.39. The van der Waals surface area contributed by atoms with Gasteiger partial charge >= 0.3 is 0 Å². The summed E-state index contributed by atoms with van der Waals surface area (Å²) in [5, 5.41) is 3.72. The van der Waals surface area contributed by atoms with Gasteiger partial charge in [0, 0.05) is 17.9 Å². The number of likely N-dealkylation sites (N-methyl/N-ethyl adjacent to an activating group) is 1. The first-order chi connectivity index (χ1) is 10.5. The molecule has 0 atom stereocenters. The highest BCUT2D eigenvalue weighted by atomic mass is 35.5. The number of hydrogen-bond acceptors (Lipinski definition) is 2. The summed E-state index contributed by atoms with van der Waals surface area (Å²) in [4.78, 5) is 14.2. The zero-order valence-electron chi connectivity index (χ0n) is 12.6. The van der Waals surface area contributed by atoms with Crippen molar-refractivity contribution in [3.8, 4) is 0 Å². The molecule has 0 radical (unpaired) electrons. The molecule has 0 unspecified atom stereocenters. The van der Waals surface area contributed by atoms with E-state index in [-0.39, 0.29) is 12.5 Å². The molecule has 0 aromatic heterocycles. The summed E-state index contributed by atoms with van der Waals surface area (Å²) in [5.74, 6) is -0.0956. The molecule has 0 spiro atoms. The minimum Gasteiger partial charge on any atom is -0.362 e. The molecule has 0 bridgehead atoms. The number of aryl methyl sites for hydroxylation is 1. The van der Waals surface area contributed by atoms with Crippen molar-refractivity contribution >= 4 is 40.5 Å². The third-order valence-electron chi connectivity index (χ3n) is 3.29. The molecular weight excluding hydrogens is 319 g/mol. The van der Waals surface area contributed by atoms with Crippen molar-refractivity contribution in [2.75, 3.05) is 23.3 Å². The number of nitrogens with zero attached hydrogens (tertiary/aromatic N) is 1. The van der Waals surface area contributed by atoms with Gasteiger partial charge in [-0.15, -0.1) is 0 Å². The smallest absolute Gasteiger partial charge is 0.243 e. The van der Waals surface area contributed by atoms with E-state index in [1.54, 1.807) is 18.2 Å². The van der Waals surface area contributed by atoms with Crippen LogP contribution in [0.25, 0.3) is 0 Å². The molecule has 0 saturated carbocycles. The molecule has 0 aliphatic carbocycles. The van der Waals surface area contributed by atoms with E-state index in [2.05, 4.69) is 11.4 Å². The van der Waals surface area contributed by atoms with Crippen molar-refractivity contribution in [1.82, 2.24) is 0 Å². The summed E-state index contributed by atoms with van der Waals surface area (Å²) in [6, 6.07) is 13.1. The molecule has 2 rings (SSSR count). The van der Waals surface area contributed by atoms with E-state index in [1.165, 1.54) is 5.56 Å². The van der Waals surface area contributed by atoms with E-state index in [0.29, 0.717) is 15.7 Å². The van der Waals surface area contributed by atoms with E-state index in [4.69, 9.17) is 23.2 Å². The molecule has 0 aliphatic rings. The van der Waals surface area contributed by atoms with E-state index < -0.39 is 0 Å². The highest BCUT2D eigenvalue weighted by Crippen LogP contribution is 2.25. The lowest BCUT2D eigenvalue weighted by atomic mass is 10.2. The third-order valence-corrected chi connectivity index (χ3v) is 4.03. The molecule has 3 nitrogen and oxygen atoms in total. The number of anilines is 2. The quantitative estimate of drug-likeness (QED) is 0.853. The molecule has 22 heavy (non-hydrogen) atoms. The van der Waals surface area contributed by atoms with Crippen molar-refractivity contribution in [2.45, 2.75) is 13.8 Å². The largest absolute Gasteiger partial charge is 0.362 e. The molecule has 2 aromatic carbocycles. The number of amides is 1. The van der Waals surface area contributed by atoms with Crippen LogP contribution < -0.4 is 10.2 Å². The van der Waals surface area contributed by atoms with Crippen molar-refractivity contribution in [2.24, 2.45) is 0 Å². The number of carbonyl (C=O) groups excluding carboxylic acids is 1. The topological polar surface area (TPSA) is 32.3 Å². The van der Waals surface area contributed by atoms with Crippen LogP contribution in [0.5, 0.6) is 0 Å². The molecule has 1 N–H and O–H groups in total. The van der Waals surface area contributed by atoms with Gasteiger partial charge in [-0.1, -0.05) is 35.3 Å². The predicted octanol–water partition coefficient (Wildman–Crippen LogP) is 4.77. The van der Waals surface area contributed by atoms with Crippen LogP contribution in [0.1, 0.15) is 12.5 Å². The molecule has 116 valence electrons. The molecule has 0 aliphatic heterocycles. The van der Waals surface area contributed by atoms with E-state index in [1.807, 2.05) is 36.9 Å². The average molecular weight is 337 g/mol. The van der Waals surface area contributed by atoms with Crippen LogP contribution in [0.4, 0.5) is 11.4 Å². The number of halogens is 2. The molecule has 1 amide bonds. The standard InChI is InChI=1S/C17H18Cl2N2O/c1-3-21(14-6-4-5-12(2)9-14)11-17(22)20-13-7-8-15(18)16(19)10-13/h4-10H,3,11H2,1-2H3,(H,20,22). The van der Waals surface area contributed by atoms with Gasteiger partial charge < -0.3 is 10.2 Å². The highest BCUT2D eigenvalue weighted by molar-refractivity contribution is 6.42. The Hall–Kier alpha value is -1.71. The van der Waals surface area contributed by atoms with Gasteiger partial charge in [0.2, 0.25) is 5.91 Å². The number of nitrogens with one attached hydrogen (secondary N) is 1. The molecule has 0 heterocycles. The van der Waals surface area contributed by atoms with Crippen LogP contribution in [0.15, 0.2) is 42.5 Å². The maximum atomic E-state index is 12.2. The minimum absolute atomic E-state index is 0.0956. The number of rotatable bonds is 5. The van der Waals surface area contributed by atoms with Crippen LogP contribution >= 0.6 is 23.2 Å². The fourth-order valence-corrected chi connectivity index (χ4v) is 2.46. The molecular formula is C17H18Cl2N2O. The van der Waals surface area contributed by atoms with Crippen LogP contribution in [0.3, 0.4) is 0 Å². The van der Waals surface area contributed by atoms with E-state index >= 15 is 0 Å². The molecule has 0 saturated heterocycles. The molecule has 5 heteroatoms. The number of benzene rings is 2. The van der Waals surface area contributed by atoms with Gasteiger partial charge in [0.25, 0.3) is 0 Å². The summed E-state index contributed by atoms with van der Waals surface area (Å²) < 4.78 is 0. The zero-order valence-corrected chi connectivity index (χ0v) is 14.1. The van der Waals surface area contributed by atoms with Gasteiger partial charge in [0.1, 0.15) is 0 Å². The fourth-order valence-electron chi connectivity index (χ4n) is 2.16. The Kier molecular flexibility index (Phi) is 5.69. The maximum absolute atomic E-state index is 12.2. The number of hydrogen-bond donors (Lipinski definition) is 1. The SMILES string of the molecule is CCN(CC(=O)Nc1ccc(Cl)c(Cl)c1)c1cccc(C)c1. The normalized spacial score (nSPS) is 10.4. The molecule has 2 aromatic rings. The first-order valence-electron chi connectivity index (χ1n) is 7.06. The van der Waals surface area contributed by atoms with Gasteiger partial charge in [-0.3, -0.25) is 4.79 Å². The van der Waals surface area contributed by atoms with Crippen LogP contribution in [0.2, 0.25) is 10.0 Å². The minimum atomic E-state index is -0.0956. The van der Waals surface area contributed by atoms with Crippen molar-refractivity contribution in [3.63, 3.8) is 0 Å². The average Bonchev–Trinajstić information content (AvgIpc) is 2.48. The highest BCUT2D eigenvalue weighted by Gasteiger charge is 2.11. The summed E-state index contributed by atoms with van der Waals surface area (Å²) in [6.45, 7) is 5.08. The second-order valence-corrected chi connectivity index (χ2v) is 5.84. The van der Waals surface area contributed by atoms with Gasteiger partial charge in [-0.2, -0.15) is 0 Å². The summed E-state index contributed by atoms with van der Waals surface area (Å²) in [7, 11) is 0. The second kappa shape index (κ2) is 7.52. The fraction of sp³-hybridized carbons (Fsp3) is 0.235. The Balaban J connectivity index is 2.04. The van der Waals surface area contributed by atoms with E-state index in [0.717, 1.165) is 12.2 Å². The Morgan fingerprint density at radius 2 is 1.91 bits per heavy atom. The Bertz CT molecular complexity index is 673. The summed E-state index contributed by atoms with van der Waals surface area (Å²) in [6.07, 6.45) is 0. The van der Waals surface area contributed by atoms with Crippen molar-refractivity contribution in [3.05, 3.63) is 58.1 Å². The lowest BCUT2D eigenvalue weighted by Crippen LogP contribution is -2.33. The van der Waals surface area contributed by atoms with Gasteiger partial charge in [0.05, 0.1) is 16.6 Å². The lowest BCUT2D eigenvalue weighted by molar-refractivity contribution is -0.115. The Morgan fingerprint density at radius 3 is 2.55 bits per heavy atom. The first kappa shape index (κ1) is 16.7. The number of carbonyl (C=O) groups is 1. The lowest BCUT2D eigenvalue weighted by Gasteiger charge is -2.23. The van der Waals surface area contributed by atoms with Gasteiger partial charge in [-0.25, -0.2) is 0 Å². The summed E-state index contributed by atoms with van der Waals surface area (Å²) in [5.41, 5.74) is 2.84. The zero-order chi connectivity index (χ0) is 16.1. The van der Waals surface area contributed by atoms with Crippen LogP contribution in [-0.2, 0) is 4.79 Å². The van der Waals surface area contributed by atoms with Crippen molar-refractivity contribution in [1.29, 1.82) is 0 Å². The first-order valence-corrected chi connectivity index (χ1v) is 7.81. The van der Waals surface area contributed by atoms with Gasteiger partial charge in [-0.05, 0) is 49.7 Å². The monoisotopic (exact) mass is 336 g/mol. The van der Waals surface area contributed by atoms with Crippen LogP contribution in [0, 0.1) is 6.92 Å². The Labute approximate surface area is 140 Å². The summed E-state index contributed by atoms with van der Waals surface area (Å²) >= 11 is 11.8. The van der Waals surface area contributed by atoms with E-state index in [9.17, 15) is 4.79 Å². The Morgan fingerprint density at radius 1 is 1.14 bits per heavy atom. The maximum Gasteiger partial charge on any atom is 0.243 e. The van der Waals surface area contributed by atoms with Gasteiger partial charge in [0.15, 0.2) is 0 Å².